The zero-order chi connectivity index (χ0) is 52.8. The predicted molar refractivity (Wildman–Crippen MR) is 290 cm³/mol. The average Bonchev–Trinajstić information content (AvgIpc) is 4.39. The van der Waals surface area contributed by atoms with Crippen molar-refractivity contribution >= 4 is 87.2 Å². The SMILES string of the molecule is [2H]c1c([2H])c([2H])c2c(c1[2H])c1ccccc1n2-c1cc(-n2c3ccccc3c3c([2H])c([2H])c([2H])c([2H])c32)nc(-c2c(-c3ccc4c5ccccc5n(-c5ccccc5)c4c3)cccc2-n2c3ccccc3c3ccccc32)n1. The van der Waals surface area contributed by atoms with Crippen LogP contribution in [0.5, 0.6) is 0 Å². The first kappa shape index (κ1) is 31.5. The van der Waals surface area contributed by atoms with Crippen LogP contribution in [-0.4, -0.2) is 28.2 Å². The van der Waals surface area contributed by atoms with Gasteiger partial charge in [-0.3, -0.25) is 9.13 Å². The van der Waals surface area contributed by atoms with E-state index >= 15 is 0 Å². The highest BCUT2D eigenvalue weighted by atomic mass is 15.2. The summed E-state index contributed by atoms with van der Waals surface area (Å²) in [5.41, 5.74) is 9.60. The molecule has 0 aliphatic carbocycles. The summed E-state index contributed by atoms with van der Waals surface area (Å²) in [4.78, 5) is 11.2. The van der Waals surface area contributed by atoms with Gasteiger partial charge in [0.25, 0.3) is 0 Å². The fraction of sp³-hybridized carbons (Fsp3) is 0. The molecule has 15 aromatic rings. The lowest BCUT2D eigenvalue weighted by atomic mass is 9.96. The minimum absolute atomic E-state index is 0.184. The van der Waals surface area contributed by atoms with Crippen molar-refractivity contribution in [1.82, 2.24) is 28.2 Å². The first-order valence-corrected chi connectivity index (χ1v) is 23.2. The molecule has 70 heavy (non-hydrogen) atoms. The number of para-hydroxylation sites is 8. The van der Waals surface area contributed by atoms with Gasteiger partial charge in [-0.2, -0.15) is 0 Å². The summed E-state index contributed by atoms with van der Waals surface area (Å²) < 4.78 is 81.3. The summed E-state index contributed by atoms with van der Waals surface area (Å²) in [6.07, 6.45) is 0. The molecule has 0 saturated heterocycles. The summed E-state index contributed by atoms with van der Waals surface area (Å²) in [5, 5.41) is 6.14. The zero-order valence-corrected chi connectivity index (χ0v) is 37.2. The van der Waals surface area contributed by atoms with Gasteiger partial charge in [0.2, 0.25) is 0 Å². The predicted octanol–water partition coefficient (Wildman–Crippen LogP) is 16.2. The minimum atomic E-state index is -0.397. The molecule has 0 atom stereocenters. The molecule has 0 N–H and O–H groups in total. The molecule has 0 bridgehead atoms. The van der Waals surface area contributed by atoms with Gasteiger partial charge < -0.3 is 9.13 Å². The van der Waals surface area contributed by atoms with Crippen molar-refractivity contribution in [2.24, 2.45) is 0 Å². The number of hydrogen-bond donors (Lipinski definition) is 0. The maximum absolute atomic E-state index is 9.53. The third-order valence-corrected chi connectivity index (χ3v) is 13.9. The molecule has 0 spiro atoms. The molecular weight excluding hydrogens is 853 g/mol. The van der Waals surface area contributed by atoms with Crippen LogP contribution in [0.1, 0.15) is 11.0 Å². The zero-order valence-electron chi connectivity index (χ0n) is 45.2. The van der Waals surface area contributed by atoms with Gasteiger partial charge in [0.05, 0.1) is 66.4 Å². The molecule has 6 heteroatoms. The van der Waals surface area contributed by atoms with E-state index in [4.69, 9.17) is 15.5 Å². The highest BCUT2D eigenvalue weighted by Crippen LogP contribution is 2.44. The Hall–Kier alpha value is -9.52. The van der Waals surface area contributed by atoms with Gasteiger partial charge in [-0.05, 0) is 77.8 Å². The molecular formula is C64H40N6. The number of rotatable bonds is 6. The van der Waals surface area contributed by atoms with Crippen LogP contribution >= 0.6 is 0 Å². The van der Waals surface area contributed by atoms with Crippen molar-refractivity contribution in [1.29, 1.82) is 0 Å². The second kappa shape index (κ2) is 15.0. The molecule has 5 aromatic heterocycles. The third kappa shape index (κ3) is 5.56. The monoisotopic (exact) mass is 900 g/mol. The molecule has 5 heterocycles. The Labute approximate surface area is 413 Å². The fourth-order valence-corrected chi connectivity index (χ4v) is 11.0. The van der Waals surface area contributed by atoms with E-state index in [9.17, 15) is 5.48 Å². The van der Waals surface area contributed by atoms with Crippen LogP contribution in [0, 0.1) is 0 Å². The van der Waals surface area contributed by atoms with Gasteiger partial charge in [-0.1, -0.05) is 170 Å². The quantitative estimate of drug-likeness (QED) is 0.167. The number of fused-ring (bicyclic) bond motifs is 12. The summed E-state index contributed by atoms with van der Waals surface area (Å²) in [7, 11) is 0. The molecule has 0 aliphatic rings. The summed E-state index contributed by atoms with van der Waals surface area (Å²) in [6.45, 7) is 0. The molecule has 0 radical (unpaired) electrons. The lowest BCUT2D eigenvalue weighted by Gasteiger charge is -2.20. The van der Waals surface area contributed by atoms with E-state index < -0.39 is 12.1 Å². The topological polar surface area (TPSA) is 45.5 Å². The molecule has 0 unspecified atom stereocenters. The van der Waals surface area contributed by atoms with E-state index in [1.165, 1.54) is 0 Å². The van der Waals surface area contributed by atoms with Gasteiger partial charge in [0, 0.05) is 54.8 Å². The highest BCUT2D eigenvalue weighted by Gasteiger charge is 2.25. The molecule has 15 rings (SSSR count). The second-order valence-corrected chi connectivity index (χ2v) is 17.5. The van der Waals surface area contributed by atoms with Crippen molar-refractivity contribution in [2.75, 3.05) is 0 Å². The van der Waals surface area contributed by atoms with E-state index in [1.807, 2.05) is 97.1 Å². The molecule has 0 fully saturated rings. The normalized spacial score (nSPS) is 13.6. The van der Waals surface area contributed by atoms with Crippen LogP contribution in [0.3, 0.4) is 0 Å². The van der Waals surface area contributed by atoms with Crippen LogP contribution in [0.2, 0.25) is 0 Å². The number of hydrogen-bond acceptors (Lipinski definition) is 2. The lowest BCUT2D eigenvalue weighted by molar-refractivity contribution is 0.991. The lowest BCUT2D eigenvalue weighted by Crippen LogP contribution is -2.08. The Morgan fingerprint density at radius 2 is 0.757 bits per heavy atom. The Morgan fingerprint density at radius 3 is 1.30 bits per heavy atom. The average molecular weight is 901 g/mol. The van der Waals surface area contributed by atoms with E-state index in [-0.39, 0.29) is 64.7 Å². The minimum Gasteiger partial charge on any atom is -0.309 e. The molecule has 0 aliphatic heterocycles. The highest BCUT2D eigenvalue weighted by molar-refractivity contribution is 6.13. The Kier molecular flexibility index (Phi) is 6.74. The van der Waals surface area contributed by atoms with Gasteiger partial charge in [-0.25, -0.2) is 9.97 Å². The summed E-state index contributed by atoms with van der Waals surface area (Å²) in [5.74, 6) is 0.776. The maximum atomic E-state index is 9.53. The Balaban J connectivity index is 1.14. The smallest absolute Gasteiger partial charge is 0.166 e. The van der Waals surface area contributed by atoms with E-state index in [0.29, 0.717) is 38.1 Å². The van der Waals surface area contributed by atoms with E-state index in [2.05, 4.69) is 100 Å². The van der Waals surface area contributed by atoms with Crippen LogP contribution in [0.25, 0.3) is 133 Å². The van der Waals surface area contributed by atoms with Gasteiger partial charge >= 0.3 is 0 Å². The number of benzene rings is 10. The van der Waals surface area contributed by atoms with E-state index in [1.54, 1.807) is 15.2 Å². The van der Waals surface area contributed by atoms with Gasteiger partial charge in [-0.15, -0.1) is 0 Å². The van der Waals surface area contributed by atoms with Crippen molar-refractivity contribution in [3.63, 3.8) is 0 Å². The number of nitrogens with zero attached hydrogens (tertiary/aromatic N) is 6. The first-order valence-electron chi connectivity index (χ1n) is 27.2. The van der Waals surface area contributed by atoms with E-state index in [0.717, 1.165) is 66.1 Å². The molecule has 6 nitrogen and oxygen atoms in total. The van der Waals surface area contributed by atoms with Crippen LogP contribution in [0.4, 0.5) is 0 Å². The van der Waals surface area contributed by atoms with Gasteiger partial charge in [0.15, 0.2) is 5.82 Å². The van der Waals surface area contributed by atoms with Crippen molar-refractivity contribution in [2.45, 2.75) is 0 Å². The van der Waals surface area contributed by atoms with Crippen molar-refractivity contribution in [3.8, 4) is 45.5 Å². The van der Waals surface area contributed by atoms with Gasteiger partial charge in [0.1, 0.15) is 11.6 Å². The molecule has 0 amide bonds. The third-order valence-electron chi connectivity index (χ3n) is 13.9. The first-order chi connectivity index (χ1) is 38.1. The summed E-state index contributed by atoms with van der Waals surface area (Å²) >= 11 is 0. The maximum Gasteiger partial charge on any atom is 0.166 e. The Bertz CT molecular complexity index is 4880. The number of aromatic nitrogens is 6. The second-order valence-electron chi connectivity index (χ2n) is 17.5. The van der Waals surface area contributed by atoms with Crippen molar-refractivity contribution in [3.05, 3.63) is 242 Å². The Morgan fingerprint density at radius 1 is 0.314 bits per heavy atom. The fourth-order valence-electron chi connectivity index (χ4n) is 11.0. The standard InChI is InChI=1S/C64H40N6/c1-2-19-42(20-3-1)67-52-29-11-4-27-50(52)51-38-37-41(39-60(51)67)43-28-18-36-59(68-53-30-12-5-21-44(53)45-22-6-13-31-54(45)68)63(43)64-65-61(69-55-32-14-7-23-46(55)47-24-8-15-33-56(47)69)40-62(66-64)70-57-34-16-9-25-48(57)49-26-10-17-35-58(49)70/h1-40H/i7D,9D,14D,16D,23D,25D,32D,34D. The largest absolute Gasteiger partial charge is 0.309 e. The molecule has 326 valence electrons. The van der Waals surface area contributed by atoms with Crippen molar-refractivity contribution < 1.29 is 11.0 Å². The molecule has 0 saturated carbocycles. The molecule has 10 aromatic carbocycles. The van der Waals surface area contributed by atoms with Crippen LogP contribution in [-0.2, 0) is 0 Å². The van der Waals surface area contributed by atoms with Crippen LogP contribution < -0.4 is 0 Å². The van der Waals surface area contributed by atoms with Crippen LogP contribution in [0.15, 0.2) is 242 Å². The summed E-state index contributed by atoms with van der Waals surface area (Å²) in [6, 6.07) is 62.3.